The van der Waals surface area contributed by atoms with Crippen molar-refractivity contribution in [3.63, 3.8) is 0 Å². The van der Waals surface area contributed by atoms with Gasteiger partial charge in [0.2, 0.25) is 0 Å². The van der Waals surface area contributed by atoms with Gasteiger partial charge in [0, 0.05) is 38.9 Å². The van der Waals surface area contributed by atoms with E-state index in [1.54, 1.807) is 18.3 Å². The van der Waals surface area contributed by atoms with Gasteiger partial charge < -0.3 is 9.64 Å². The van der Waals surface area contributed by atoms with Gasteiger partial charge in [0.05, 0.1) is 5.02 Å². The number of halogens is 1. The van der Waals surface area contributed by atoms with Gasteiger partial charge in [-0.05, 0) is 80.0 Å². The third-order valence-corrected chi connectivity index (χ3v) is 8.09. The SMILES string of the molecule is O=C(c1ccc(Cl)cn1)N1CCC2(CCCCc3ccccc3OCCN(CC3CC3)C2)CC1. The van der Waals surface area contributed by atoms with Crippen LogP contribution in [0.1, 0.15) is 61.0 Å². The van der Waals surface area contributed by atoms with E-state index in [4.69, 9.17) is 16.3 Å². The van der Waals surface area contributed by atoms with Crippen LogP contribution < -0.4 is 4.74 Å². The number of carbonyl (C=O) groups is 1. The molecule has 5 nitrogen and oxygen atoms in total. The van der Waals surface area contributed by atoms with Gasteiger partial charge in [-0.15, -0.1) is 0 Å². The van der Waals surface area contributed by atoms with Crippen LogP contribution in [0, 0.1) is 11.3 Å². The van der Waals surface area contributed by atoms with Crippen LogP contribution in [0.5, 0.6) is 5.75 Å². The average Bonchev–Trinajstić information content (AvgIpc) is 3.66. The fourth-order valence-corrected chi connectivity index (χ4v) is 5.77. The smallest absolute Gasteiger partial charge is 0.272 e. The molecule has 1 aromatic heterocycles. The molecule has 1 saturated carbocycles. The molecule has 0 N–H and O–H groups in total. The molecule has 1 aromatic carbocycles. The summed E-state index contributed by atoms with van der Waals surface area (Å²) in [6.45, 7) is 5.63. The summed E-state index contributed by atoms with van der Waals surface area (Å²) in [6.07, 6.45) is 11.1. The Bertz CT molecular complexity index is 968. The van der Waals surface area contributed by atoms with Crippen LogP contribution in [0.3, 0.4) is 0 Å². The van der Waals surface area contributed by atoms with Crippen molar-refractivity contribution in [2.24, 2.45) is 11.3 Å². The highest BCUT2D eigenvalue weighted by Gasteiger charge is 2.38. The van der Waals surface area contributed by atoms with Gasteiger partial charge in [-0.3, -0.25) is 9.69 Å². The first-order valence-corrected chi connectivity index (χ1v) is 13.3. The summed E-state index contributed by atoms with van der Waals surface area (Å²) in [4.78, 5) is 21.9. The quantitative estimate of drug-likeness (QED) is 0.582. The van der Waals surface area contributed by atoms with Crippen molar-refractivity contribution in [1.82, 2.24) is 14.8 Å². The molecule has 182 valence electrons. The Morgan fingerprint density at radius 3 is 2.65 bits per heavy atom. The highest BCUT2D eigenvalue weighted by Crippen LogP contribution is 2.40. The molecule has 2 aliphatic heterocycles. The van der Waals surface area contributed by atoms with Gasteiger partial charge in [0.1, 0.15) is 18.1 Å². The number of nitrogens with zero attached hydrogens (tertiary/aromatic N) is 3. The third kappa shape index (κ3) is 5.92. The summed E-state index contributed by atoms with van der Waals surface area (Å²) in [5.74, 6) is 1.95. The molecule has 1 saturated heterocycles. The van der Waals surface area contributed by atoms with E-state index >= 15 is 0 Å². The standard InChI is InChI=1S/C28H36ClN3O2/c29-24-10-11-25(30-19-24)27(33)32-15-13-28(14-16-32)12-4-3-6-23-5-1-2-7-26(23)34-18-17-31(21-28)20-22-8-9-22/h1-2,5,7,10-11,19,22H,3-4,6,8-9,12-18,20-21H2. The number of benzene rings is 1. The van der Waals surface area contributed by atoms with Crippen molar-refractivity contribution in [3.8, 4) is 5.75 Å². The highest BCUT2D eigenvalue weighted by atomic mass is 35.5. The monoisotopic (exact) mass is 481 g/mol. The topological polar surface area (TPSA) is 45.7 Å². The summed E-state index contributed by atoms with van der Waals surface area (Å²) in [7, 11) is 0. The van der Waals surface area contributed by atoms with E-state index in [0.29, 0.717) is 10.7 Å². The Balaban J connectivity index is 1.27. The number of fused-ring (bicyclic) bond motifs is 1. The van der Waals surface area contributed by atoms with Crippen molar-refractivity contribution in [2.75, 3.05) is 39.3 Å². The normalized spacial score (nSPS) is 21.7. The number of rotatable bonds is 3. The second kappa shape index (κ2) is 10.7. The van der Waals surface area contributed by atoms with Crippen LogP contribution in [0.25, 0.3) is 0 Å². The Hall–Kier alpha value is -2.11. The zero-order valence-electron chi connectivity index (χ0n) is 20.1. The summed E-state index contributed by atoms with van der Waals surface area (Å²) in [5, 5.41) is 0.560. The lowest BCUT2D eigenvalue weighted by Gasteiger charge is -2.45. The number of pyridine rings is 1. The van der Waals surface area contributed by atoms with Gasteiger partial charge in [0.25, 0.3) is 5.91 Å². The van der Waals surface area contributed by atoms with E-state index in [9.17, 15) is 4.79 Å². The molecule has 3 aliphatic rings. The predicted molar refractivity (Wildman–Crippen MR) is 135 cm³/mol. The molecule has 2 fully saturated rings. The van der Waals surface area contributed by atoms with Gasteiger partial charge in [-0.2, -0.15) is 0 Å². The average molecular weight is 482 g/mol. The van der Waals surface area contributed by atoms with E-state index in [0.717, 1.165) is 63.7 Å². The van der Waals surface area contributed by atoms with Crippen molar-refractivity contribution >= 4 is 17.5 Å². The second-order valence-corrected chi connectivity index (χ2v) is 10.9. The summed E-state index contributed by atoms with van der Waals surface area (Å²) in [5.41, 5.74) is 2.10. The molecular weight excluding hydrogens is 446 g/mol. The van der Waals surface area contributed by atoms with Crippen LogP contribution in [0.15, 0.2) is 42.6 Å². The fourth-order valence-electron chi connectivity index (χ4n) is 5.66. The third-order valence-electron chi connectivity index (χ3n) is 7.87. The summed E-state index contributed by atoms with van der Waals surface area (Å²) in [6, 6.07) is 12.0. The van der Waals surface area contributed by atoms with Crippen molar-refractivity contribution in [2.45, 2.75) is 51.4 Å². The molecule has 0 bridgehead atoms. The minimum atomic E-state index is 0.0273. The molecule has 1 spiro atoms. The summed E-state index contributed by atoms with van der Waals surface area (Å²) >= 11 is 5.96. The van der Waals surface area contributed by atoms with Crippen molar-refractivity contribution < 1.29 is 9.53 Å². The number of aromatic nitrogens is 1. The number of amides is 1. The Morgan fingerprint density at radius 2 is 1.88 bits per heavy atom. The highest BCUT2D eigenvalue weighted by molar-refractivity contribution is 6.30. The number of piperidine rings is 1. The maximum absolute atomic E-state index is 13.0. The lowest BCUT2D eigenvalue weighted by molar-refractivity contribution is 0.0365. The number of likely N-dealkylation sites (tertiary alicyclic amines) is 1. The van der Waals surface area contributed by atoms with Gasteiger partial charge in [-0.1, -0.05) is 36.2 Å². The van der Waals surface area contributed by atoms with Gasteiger partial charge >= 0.3 is 0 Å². The molecule has 1 amide bonds. The van der Waals surface area contributed by atoms with Crippen LogP contribution in [0.2, 0.25) is 5.02 Å². The first-order valence-electron chi connectivity index (χ1n) is 12.9. The number of carbonyl (C=O) groups excluding carboxylic acids is 1. The number of ether oxygens (including phenoxy) is 1. The van der Waals surface area contributed by atoms with E-state index in [1.165, 1.54) is 44.2 Å². The van der Waals surface area contributed by atoms with Crippen LogP contribution in [-0.2, 0) is 6.42 Å². The minimum Gasteiger partial charge on any atom is -0.492 e. The number of hydrogen-bond donors (Lipinski definition) is 0. The number of para-hydroxylation sites is 1. The number of aryl methyl sites for hydroxylation is 1. The van der Waals surface area contributed by atoms with E-state index < -0.39 is 0 Å². The second-order valence-electron chi connectivity index (χ2n) is 10.5. The van der Waals surface area contributed by atoms with Crippen LogP contribution >= 0.6 is 11.6 Å². The first kappa shape index (κ1) is 23.6. The zero-order valence-corrected chi connectivity index (χ0v) is 20.8. The van der Waals surface area contributed by atoms with E-state index in [2.05, 4.69) is 34.1 Å². The van der Waals surface area contributed by atoms with Crippen LogP contribution in [0.4, 0.5) is 0 Å². The molecule has 2 aromatic rings. The maximum atomic E-state index is 13.0. The predicted octanol–water partition coefficient (Wildman–Crippen LogP) is 5.47. The fraction of sp³-hybridized carbons (Fsp3) is 0.571. The molecular formula is C28H36ClN3O2. The summed E-state index contributed by atoms with van der Waals surface area (Å²) < 4.78 is 6.26. The van der Waals surface area contributed by atoms with Crippen molar-refractivity contribution in [1.29, 1.82) is 0 Å². The molecule has 1 aliphatic carbocycles. The van der Waals surface area contributed by atoms with Gasteiger partial charge in [-0.25, -0.2) is 4.98 Å². The zero-order chi connectivity index (χ0) is 23.4. The molecule has 5 rings (SSSR count). The minimum absolute atomic E-state index is 0.0273. The molecule has 0 radical (unpaired) electrons. The largest absolute Gasteiger partial charge is 0.492 e. The first-order chi connectivity index (χ1) is 16.6. The van der Waals surface area contributed by atoms with Crippen LogP contribution in [-0.4, -0.2) is 60.0 Å². The maximum Gasteiger partial charge on any atom is 0.272 e. The molecule has 34 heavy (non-hydrogen) atoms. The Morgan fingerprint density at radius 1 is 1.06 bits per heavy atom. The Labute approximate surface area is 208 Å². The molecule has 0 atom stereocenters. The molecule has 6 heteroatoms. The van der Waals surface area contributed by atoms with Crippen molar-refractivity contribution in [3.05, 3.63) is 58.9 Å². The lowest BCUT2D eigenvalue weighted by Crippen LogP contribution is -2.49. The van der Waals surface area contributed by atoms with E-state index in [1.807, 2.05) is 4.90 Å². The molecule has 3 heterocycles. The Kier molecular flexibility index (Phi) is 7.40. The van der Waals surface area contributed by atoms with E-state index in [-0.39, 0.29) is 11.3 Å². The lowest BCUT2D eigenvalue weighted by atomic mass is 9.73. The molecule has 0 unspecified atom stereocenters. The number of hydrogen-bond acceptors (Lipinski definition) is 4. The van der Waals surface area contributed by atoms with Gasteiger partial charge in [0.15, 0.2) is 0 Å².